The molecule has 0 saturated carbocycles. The number of anilines is 1. The van der Waals surface area contributed by atoms with Gasteiger partial charge in [-0.25, -0.2) is 13.4 Å². The predicted molar refractivity (Wildman–Crippen MR) is 109 cm³/mol. The van der Waals surface area contributed by atoms with Crippen LogP contribution in [-0.2, 0) is 14.8 Å². The number of hydrogen-bond donors (Lipinski definition) is 0. The van der Waals surface area contributed by atoms with E-state index in [4.69, 9.17) is 0 Å². The Morgan fingerprint density at radius 3 is 2.82 bits per heavy atom. The quantitative estimate of drug-likeness (QED) is 0.661. The third kappa shape index (κ3) is 2.70. The smallest absolute Gasteiger partial charge is 0.265 e. The number of benzene rings is 2. The summed E-state index contributed by atoms with van der Waals surface area (Å²) in [4.78, 5) is 19.5. The second-order valence-electron chi connectivity index (χ2n) is 7.19. The van der Waals surface area contributed by atoms with Crippen molar-refractivity contribution >= 4 is 43.7 Å². The zero-order valence-corrected chi connectivity index (χ0v) is 16.7. The highest BCUT2D eigenvalue weighted by molar-refractivity contribution is 7.93. The molecule has 1 fully saturated rings. The van der Waals surface area contributed by atoms with Crippen molar-refractivity contribution in [3.05, 3.63) is 53.0 Å². The average Bonchev–Trinajstić information content (AvgIpc) is 3.32. The number of rotatable bonds is 3. The van der Waals surface area contributed by atoms with Crippen molar-refractivity contribution in [1.82, 2.24) is 9.88 Å². The molecular formula is C20H19N3O3S2. The zero-order valence-electron chi connectivity index (χ0n) is 15.1. The van der Waals surface area contributed by atoms with Gasteiger partial charge in [0.15, 0.2) is 0 Å². The first-order valence-corrected chi connectivity index (χ1v) is 11.6. The van der Waals surface area contributed by atoms with Crippen molar-refractivity contribution in [2.75, 3.05) is 23.9 Å². The maximum atomic E-state index is 13.1. The summed E-state index contributed by atoms with van der Waals surface area (Å²) in [5, 5.41) is 4.57. The van der Waals surface area contributed by atoms with E-state index < -0.39 is 10.0 Å². The molecule has 1 atom stereocenters. The van der Waals surface area contributed by atoms with Gasteiger partial charge in [-0.15, -0.1) is 11.3 Å². The van der Waals surface area contributed by atoms with Crippen LogP contribution in [-0.4, -0.2) is 43.8 Å². The molecular weight excluding hydrogens is 394 g/mol. The van der Waals surface area contributed by atoms with E-state index >= 15 is 0 Å². The molecule has 8 heteroatoms. The van der Waals surface area contributed by atoms with E-state index in [2.05, 4.69) is 4.98 Å². The molecule has 5 rings (SSSR count). The summed E-state index contributed by atoms with van der Waals surface area (Å²) in [6.45, 7) is 1.09. The van der Waals surface area contributed by atoms with Crippen LogP contribution in [0.3, 0.4) is 0 Å². The van der Waals surface area contributed by atoms with Crippen LogP contribution in [0.1, 0.15) is 23.8 Å². The third-order valence-corrected chi connectivity index (χ3v) is 8.27. The summed E-state index contributed by atoms with van der Waals surface area (Å²) in [5.74, 6) is 0.0724. The van der Waals surface area contributed by atoms with Crippen molar-refractivity contribution < 1.29 is 13.2 Å². The third-order valence-electron chi connectivity index (χ3n) is 5.53. The number of aromatic nitrogens is 1. The Balaban J connectivity index is 1.42. The summed E-state index contributed by atoms with van der Waals surface area (Å²) in [7, 11) is -3.71. The van der Waals surface area contributed by atoms with Crippen molar-refractivity contribution in [1.29, 1.82) is 0 Å². The molecule has 0 N–H and O–H groups in total. The molecule has 2 aliphatic heterocycles. The molecule has 0 spiro atoms. The van der Waals surface area contributed by atoms with Crippen molar-refractivity contribution in [2.45, 2.75) is 23.7 Å². The number of carbonyl (C=O) groups is 1. The Labute approximate surface area is 167 Å². The monoisotopic (exact) mass is 413 g/mol. The van der Waals surface area contributed by atoms with Gasteiger partial charge in [0.25, 0.3) is 10.0 Å². The molecule has 144 valence electrons. The molecule has 2 aliphatic rings. The number of carbonyl (C=O) groups excluding carboxylic acids is 1. The minimum absolute atomic E-state index is 0.158. The number of likely N-dealkylation sites (tertiary alicyclic amines) is 1. The first-order valence-electron chi connectivity index (χ1n) is 9.27. The standard InChI is InChI=1S/C20H19N3O3S2/c24-18(22-10-3-6-15(12-22)20-21-9-11-27-20)13-23-16-7-1-4-14-5-2-8-17(19(14)16)28(23,25)26/h1-2,4-5,7-9,11,15H,3,6,10,12-13H2. The van der Waals surface area contributed by atoms with Gasteiger partial charge in [0, 0.05) is 36.0 Å². The average molecular weight is 414 g/mol. The normalized spacial score (nSPS) is 20.6. The first-order chi connectivity index (χ1) is 13.6. The summed E-state index contributed by atoms with van der Waals surface area (Å²) in [6.07, 6.45) is 3.69. The highest BCUT2D eigenvalue weighted by Gasteiger charge is 2.38. The van der Waals surface area contributed by atoms with E-state index in [0.29, 0.717) is 24.2 Å². The van der Waals surface area contributed by atoms with Gasteiger partial charge in [0.2, 0.25) is 5.91 Å². The Morgan fingerprint density at radius 2 is 2.04 bits per heavy atom. The maximum absolute atomic E-state index is 13.1. The molecule has 0 radical (unpaired) electrons. The lowest BCUT2D eigenvalue weighted by Crippen LogP contribution is -2.45. The van der Waals surface area contributed by atoms with E-state index in [-0.39, 0.29) is 23.3 Å². The van der Waals surface area contributed by atoms with Gasteiger partial charge in [-0.2, -0.15) is 0 Å². The molecule has 1 amide bonds. The Morgan fingerprint density at radius 1 is 1.21 bits per heavy atom. The number of piperidine rings is 1. The van der Waals surface area contributed by atoms with Crippen molar-refractivity contribution in [2.24, 2.45) is 0 Å². The van der Waals surface area contributed by atoms with Crippen LogP contribution in [0.15, 0.2) is 52.9 Å². The summed E-state index contributed by atoms with van der Waals surface area (Å²) >= 11 is 1.61. The molecule has 3 aromatic rings. The minimum atomic E-state index is -3.71. The largest absolute Gasteiger partial charge is 0.340 e. The van der Waals surface area contributed by atoms with Gasteiger partial charge in [0.1, 0.15) is 6.54 Å². The molecule has 3 heterocycles. The second kappa shape index (κ2) is 6.56. The van der Waals surface area contributed by atoms with Crippen LogP contribution in [0.4, 0.5) is 5.69 Å². The van der Waals surface area contributed by atoms with Crippen molar-refractivity contribution in [3.8, 4) is 0 Å². The highest BCUT2D eigenvalue weighted by atomic mass is 32.2. The highest BCUT2D eigenvalue weighted by Crippen LogP contribution is 2.42. The van der Waals surface area contributed by atoms with Gasteiger partial charge in [-0.3, -0.25) is 9.10 Å². The van der Waals surface area contributed by atoms with E-state index in [1.165, 1.54) is 4.31 Å². The molecule has 6 nitrogen and oxygen atoms in total. The van der Waals surface area contributed by atoms with Crippen LogP contribution in [0, 0.1) is 0 Å². The maximum Gasteiger partial charge on any atom is 0.265 e. The fourth-order valence-electron chi connectivity index (χ4n) is 4.19. The van der Waals surface area contributed by atoms with E-state index in [1.807, 2.05) is 23.6 Å². The topological polar surface area (TPSA) is 70.6 Å². The van der Waals surface area contributed by atoms with Gasteiger partial charge in [0.05, 0.1) is 15.6 Å². The SMILES string of the molecule is O=C(CN1c2cccc3cccc(c23)S1(=O)=O)N1CCCC(c2nccs2)C1. The molecule has 1 saturated heterocycles. The molecule has 0 aliphatic carbocycles. The van der Waals surface area contributed by atoms with Gasteiger partial charge < -0.3 is 4.90 Å². The number of sulfonamides is 1. The molecule has 0 bridgehead atoms. The molecule has 2 aromatic carbocycles. The van der Waals surface area contributed by atoms with Gasteiger partial charge in [-0.05, 0) is 30.4 Å². The van der Waals surface area contributed by atoms with Crippen LogP contribution < -0.4 is 4.31 Å². The summed E-state index contributed by atoms with van der Waals surface area (Å²) < 4.78 is 27.4. The van der Waals surface area contributed by atoms with Gasteiger partial charge >= 0.3 is 0 Å². The summed E-state index contributed by atoms with van der Waals surface area (Å²) in [5.41, 5.74) is 0.593. The molecule has 1 unspecified atom stereocenters. The zero-order chi connectivity index (χ0) is 19.3. The van der Waals surface area contributed by atoms with E-state index in [0.717, 1.165) is 23.2 Å². The van der Waals surface area contributed by atoms with Crippen LogP contribution in [0.2, 0.25) is 0 Å². The Bertz CT molecular complexity index is 1150. The first kappa shape index (κ1) is 17.6. The van der Waals surface area contributed by atoms with Crippen LogP contribution >= 0.6 is 11.3 Å². The van der Waals surface area contributed by atoms with Crippen LogP contribution in [0.5, 0.6) is 0 Å². The summed E-state index contributed by atoms with van der Waals surface area (Å²) in [6, 6.07) is 10.8. The molecule has 1 aromatic heterocycles. The molecule has 28 heavy (non-hydrogen) atoms. The Hall–Kier alpha value is -2.45. The van der Waals surface area contributed by atoms with Crippen molar-refractivity contribution in [3.63, 3.8) is 0 Å². The number of thiazole rings is 1. The number of amides is 1. The lowest BCUT2D eigenvalue weighted by Gasteiger charge is -2.33. The predicted octanol–water partition coefficient (Wildman–Crippen LogP) is 3.21. The number of nitrogens with zero attached hydrogens (tertiary/aromatic N) is 3. The lowest BCUT2D eigenvalue weighted by atomic mass is 9.98. The fourth-order valence-corrected chi connectivity index (χ4v) is 6.62. The minimum Gasteiger partial charge on any atom is -0.340 e. The second-order valence-corrected chi connectivity index (χ2v) is 9.95. The number of hydrogen-bond acceptors (Lipinski definition) is 5. The Kier molecular flexibility index (Phi) is 4.13. The van der Waals surface area contributed by atoms with E-state index in [9.17, 15) is 13.2 Å². The lowest BCUT2D eigenvalue weighted by molar-refractivity contribution is -0.130. The van der Waals surface area contributed by atoms with E-state index in [1.54, 1.807) is 40.6 Å². The van der Waals surface area contributed by atoms with Crippen LogP contribution in [0.25, 0.3) is 10.8 Å². The van der Waals surface area contributed by atoms with Gasteiger partial charge in [-0.1, -0.05) is 24.3 Å². The fraction of sp³-hybridized carbons (Fsp3) is 0.300.